The Kier molecular flexibility index (Phi) is 3.29. The standard InChI is InChI=1S/C14H15NO4/c1-14(2,3)19-13(17)15-8-4-7-11(15)10-6-5-9-18-12(10)16/h4-9H,1-3H3. The molecule has 0 aliphatic rings. The van der Waals surface area contributed by atoms with Gasteiger partial charge in [0.1, 0.15) is 5.60 Å². The summed E-state index contributed by atoms with van der Waals surface area (Å²) in [5, 5.41) is 0. The minimum Gasteiger partial charge on any atom is -0.443 e. The first-order valence-corrected chi connectivity index (χ1v) is 5.87. The highest BCUT2D eigenvalue weighted by atomic mass is 16.6. The third-order valence-corrected chi connectivity index (χ3v) is 2.35. The van der Waals surface area contributed by atoms with E-state index in [1.807, 2.05) is 0 Å². The first kappa shape index (κ1) is 13.1. The summed E-state index contributed by atoms with van der Waals surface area (Å²) in [5.41, 5.74) is -0.326. The molecule has 0 radical (unpaired) electrons. The van der Waals surface area contributed by atoms with Gasteiger partial charge in [-0.15, -0.1) is 0 Å². The highest BCUT2D eigenvalue weighted by Crippen LogP contribution is 2.18. The van der Waals surface area contributed by atoms with Gasteiger partial charge in [0, 0.05) is 6.20 Å². The van der Waals surface area contributed by atoms with Gasteiger partial charge in [-0.05, 0) is 45.0 Å². The van der Waals surface area contributed by atoms with Crippen LogP contribution in [0, 0.1) is 0 Å². The number of nitrogens with zero attached hydrogens (tertiary/aromatic N) is 1. The Balaban J connectivity index is 2.41. The van der Waals surface area contributed by atoms with Crippen LogP contribution in [0.3, 0.4) is 0 Å². The molecule has 0 spiro atoms. The zero-order chi connectivity index (χ0) is 14.0. The molecule has 0 aromatic carbocycles. The molecule has 5 nitrogen and oxygen atoms in total. The highest BCUT2D eigenvalue weighted by molar-refractivity contribution is 5.78. The van der Waals surface area contributed by atoms with Gasteiger partial charge in [-0.2, -0.15) is 0 Å². The van der Waals surface area contributed by atoms with Crippen LogP contribution in [0.2, 0.25) is 0 Å². The fourth-order valence-corrected chi connectivity index (χ4v) is 1.63. The van der Waals surface area contributed by atoms with E-state index in [1.165, 1.54) is 10.8 Å². The molecule has 2 aromatic rings. The Morgan fingerprint density at radius 1 is 1.26 bits per heavy atom. The van der Waals surface area contributed by atoms with E-state index in [9.17, 15) is 9.59 Å². The van der Waals surface area contributed by atoms with E-state index in [-0.39, 0.29) is 0 Å². The number of rotatable bonds is 1. The highest BCUT2D eigenvalue weighted by Gasteiger charge is 2.20. The van der Waals surface area contributed by atoms with E-state index in [4.69, 9.17) is 9.15 Å². The number of aromatic nitrogens is 1. The molecule has 2 aromatic heterocycles. The Morgan fingerprint density at radius 3 is 2.63 bits per heavy atom. The fourth-order valence-electron chi connectivity index (χ4n) is 1.63. The molecule has 2 heterocycles. The summed E-state index contributed by atoms with van der Waals surface area (Å²) in [6.45, 7) is 5.35. The van der Waals surface area contributed by atoms with Gasteiger partial charge < -0.3 is 9.15 Å². The van der Waals surface area contributed by atoms with Crippen molar-refractivity contribution in [2.45, 2.75) is 26.4 Å². The first-order valence-electron chi connectivity index (χ1n) is 5.87. The van der Waals surface area contributed by atoms with Gasteiger partial charge in [-0.25, -0.2) is 9.59 Å². The van der Waals surface area contributed by atoms with Crippen molar-refractivity contribution in [3.05, 3.63) is 47.1 Å². The second-order valence-corrected chi connectivity index (χ2v) is 5.06. The Bertz CT molecular complexity index is 646. The van der Waals surface area contributed by atoms with E-state index in [2.05, 4.69) is 0 Å². The van der Waals surface area contributed by atoms with Crippen molar-refractivity contribution in [1.82, 2.24) is 4.57 Å². The van der Waals surface area contributed by atoms with Crippen LogP contribution in [-0.2, 0) is 4.74 Å². The summed E-state index contributed by atoms with van der Waals surface area (Å²) in [7, 11) is 0. The molecule has 0 unspecified atom stereocenters. The van der Waals surface area contributed by atoms with Crippen LogP contribution in [0.5, 0.6) is 0 Å². The average Bonchev–Trinajstić information content (AvgIpc) is 2.76. The number of carbonyl (C=O) groups is 1. The van der Waals surface area contributed by atoms with Crippen molar-refractivity contribution < 1.29 is 13.9 Å². The molecular weight excluding hydrogens is 246 g/mol. The molecule has 2 rings (SSSR count). The Labute approximate surface area is 110 Å². The topological polar surface area (TPSA) is 61.4 Å². The molecule has 0 fully saturated rings. The summed E-state index contributed by atoms with van der Waals surface area (Å²) in [6, 6.07) is 6.53. The molecule has 0 atom stereocenters. The normalized spacial score (nSPS) is 11.3. The molecule has 0 aliphatic carbocycles. The summed E-state index contributed by atoms with van der Waals surface area (Å²) in [6.07, 6.45) is 2.32. The number of hydrogen-bond donors (Lipinski definition) is 0. The van der Waals surface area contributed by atoms with Crippen LogP contribution in [-0.4, -0.2) is 16.3 Å². The summed E-state index contributed by atoms with van der Waals surface area (Å²) in [4.78, 5) is 23.7. The van der Waals surface area contributed by atoms with Crippen LogP contribution in [0.15, 0.2) is 45.9 Å². The zero-order valence-corrected chi connectivity index (χ0v) is 11.0. The largest absolute Gasteiger partial charge is 0.443 e. The van der Waals surface area contributed by atoms with E-state index >= 15 is 0 Å². The zero-order valence-electron chi connectivity index (χ0n) is 11.0. The Morgan fingerprint density at radius 2 is 2.00 bits per heavy atom. The van der Waals surface area contributed by atoms with Crippen molar-refractivity contribution in [1.29, 1.82) is 0 Å². The van der Waals surface area contributed by atoms with E-state index < -0.39 is 17.3 Å². The van der Waals surface area contributed by atoms with Gasteiger partial charge in [0.05, 0.1) is 17.5 Å². The fraction of sp³-hybridized carbons (Fsp3) is 0.286. The lowest BCUT2D eigenvalue weighted by Crippen LogP contribution is -2.27. The number of carbonyl (C=O) groups excluding carboxylic acids is 1. The molecule has 0 amide bonds. The molecule has 0 saturated carbocycles. The van der Waals surface area contributed by atoms with Crippen LogP contribution < -0.4 is 5.63 Å². The van der Waals surface area contributed by atoms with Crippen molar-refractivity contribution in [2.75, 3.05) is 0 Å². The molecule has 0 N–H and O–H groups in total. The lowest BCUT2D eigenvalue weighted by atomic mass is 10.2. The third-order valence-electron chi connectivity index (χ3n) is 2.35. The molecule has 0 saturated heterocycles. The number of ether oxygens (including phenoxy) is 1. The van der Waals surface area contributed by atoms with Crippen molar-refractivity contribution in [3.63, 3.8) is 0 Å². The minimum atomic E-state index is -0.597. The maximum atomic E-state index is 12.0. The van der Waals surface area contributed by atoms with Gasteiger partial charge in [-0.1, -0.05) is 0 Å². The smallest absolute Gasteiger partial charge is 0.418 e. The number of hydrogen-bond acceptors (Lipinski definition) is 4. The van der Waals surface area contributed by atoms with Gasteiger partial charge in [-0.3, -0.25) is 4.57 Å². The van der Waals surface area contributed by atoms with E-state index in [1.54, 1.807) is 51.2 Å². The van der Waals surface area contributed by atoms with Gasteiger partial charge in [0.2, 0.25) is 0 Å². The van der Waals surface area contributed by atoms with Crippen molar-refractivity contribution >= 4 is 6.09 Å². The van der Waals surface area contributed by atoms with Gasteiger partial charge in [0.25, 0.3) is 0 Å². The lowest BCUT2D eigenvalue weighted by Gasteiger charge is -2.20. The quantitative estimate of drug-likeness (QED) is 0.791. The molecule has 0 bridgehead atoms. The Hall–Kier alpha value is -2.30. The van der Waals surface area contributed by atoms with Crippen molar-refractivity contribution in [2.24, 2.45) is 0 Å². The molecule has 5 heteroatoms. The molecule has 100 valence electrons. The minimum absolute atomic E-state index is 0.318. The maximum Gasteiger partial charge on any atom is 0.418 e. The average molecular weight is 261 g/mol. The van der Waals surface area contributed by atoms with E-state index in [0.29, 0.717) is 11.3 Å². The van der Waals surface area contributed by atoms with Crippen LogP contribution in [0.1, 0.15) is 20.8 Å². The predicted octanol–water partition coefficient (Wildman–Crippen LogP) is 2.89. The molecule has 19 heavy (non-hydrogen) atoms. The van der Waals surface area contributed by atoms with Crippen LogP contribution >= 0.6 is 0 Å². The lowest BCUT2D eigenvalue weighted by molar-refractivity contribution is 0.0540. The molecular formula is C14H15NO4. The summed E-state index contributed by atoms with van der Waals surface area (Å²) in [5.74, 6) is 0. The van der Waals surface area contributed by atoms with Gasteiger partial charge in [0.15, 0.2) is 0 Å². The second-order valence-electron chi connectivity index (χ2n) is 5.06. The first-order chi connectivity index (χ1) is 8.88. The monoisotopic (exact) mass is 261 g/mol. The van der Waals surface area contributed by atoms with E-state index in [0.717, 1.165) is 0 Å². The third kappa shape index (κ3) is 2.93. The van der Waals surface area contributed by atoms with Gasteiger partial charge >= 0.3 is 11.7 Å². The second kappa shape index (κ2) is 4.76. The van der Waals surface area contributed by atoms with Crippen LogP contribution in [0.4, 0.5) is 4.79 Å². The van der Waals surface area contributed by atoms with Crippen molar-refractivity contribution in [3.8, 4) is 11.3 Å². The maximum absolute atomic E-state index is 12.0. The summed E-state index contributed by atoms with van der Waals surface area (Å²) >= 11 is 0. The predicted molar refractivity (Wildman–Crippen MR) is 70.0 cm³/mol. The molecule has 0 aliphatic heterocycles. The van der Waals surface area contributed by atoms with Crippen LogP contribution in [0.25, 0.3) is 11.3 Å². The SMILES string of the molecule is CC(C)(C)OC(=O)n1cccc1-c1cccoc1=O. The summed E-state index contributed by atoms with van der Waals surface area (Å²) < 4.78 is 11.4.